The maximum absolute atomic E-state index is 13.2. The summed E-state index contributed by atoms with van der Waals surface area (Å²) in [5.41, 5.74) is 13.0. The Morgan fingerprint density at radius 2 is 1.38 bits per heavy atom. The number of nitrogen functional groups attached to an aromatic ring is 2. The lowest BCUT2D eigenvalue weighted by Crippen LogP contribution is -2.32. The summed E-state index contributed by atoms with van der Waals surface area (Å²) in [6, 6.07) is 20.5. The third-order valence-electron chi connectivity index (χ3n) is 3.62. The van der Waals surface area contributed by atoms with E-state index in [1.54, 1.807) is 4.90 Å². The minimum atomic E-state index is -0.434. The Morgan fingerprint density at radius 1 is 0.923 bits per heavy atom. The zero-order chi connectivity index (χ0) is 18.5. The number of rotatable bonds is 5. The molecule has 0 aliphatic carbocycles. The Kier molecular flexibility index (Phi) is 5.38. The van der Waals surface area contributed by atoms with Gasteiger partial charge in [0, 0.05) is 17.4 Å². The number of hydrogen-bond acceptors (Lipinski definition) is 6. The molecule has 26 heavy (non-hydrogen) atoms. The smallest absolute Gasteiger partial charge is 0.244 e. The first kappa shape index (κ1) is 17.8. The molecule has 1 aromatic heterocycles. The lowest BCUT2D eigenvalue weighted by molar-refractivity contribution is -0.117. The van der Waals surface area contributed by atoms with Gasteiger partial charge in [0.05, 0.1) is 5.25 Å². The van der Waals surface area contributed by atoms with E-state index in [2.05, 4.69) is 9.97 Å². The summed E-state index contributed by atoms with van der Waals surface area (Å²) in [4.78, 5) is 23.2. The molecule has 132 valence electrons. The average Bonchev–Trinajstić information content (AvgIpc) is 2.63. The topological polar surface area (TPSA) is 98.1 Å². The minimum Gasteiger partial charge on any atom is -0.383 e. The van der Waals surface area contributed by atoms with Crippen LogP contribution in [0.3, 0.4) is 0 Å². The van der Waals surface area contributed by atoms with Gasteiger partial charge in [0.2, 0.25) is 5.91 Å². The second-order valence-corrected chi connectivity index (χ2v) is 6.91. The Morgan fingerprint density at radius 3 is 1.85 bits per heavy atom. The number of thioether (sulfide) groups is 1. The maximum Gasteiger partial charge on any atom is 0.244 e. The van der Waals surface area contributed by atoms with E-state index >= 15 is 0 Å². The standard InChI is InChI=1S/C19H19N5OS/c1-13(26-19-22-16(20)12-17(21)23-19)18(25)24(14-8-4-2-5-9-14)15-10-6-3-7-11-15/h2-13H,1H3,(H4,20,21,22,23)/t13-/m0/s1. The van der Waals surface area contributed by atoms with Gasteiger partial charge in [-0.15, -0.1) is 0 Å². The first-order valence-electron chi connectivity index (χ1n) is 8.05. The molecule has 4 N–H and O–H groups in total. The van der Waals surface area contributed by atoms with Gasteiger partial charge in [-0.1, -0.05) is 48.2 Å². The molecule has 7 heteroatoms. The molecule has 0 radical (unpaired) electrons. The van der Waals surface area contributed by atoms with Crippen LogP contribution >= 0.6 is 11.8 Å². The summed E-state index contributed by atoms with van der Waals surface area (Å²) in [6.45, 7) is 1.81. The molecule has 1 amide bonds. The number of para-hydroxylation sites is 2. The van der Waals surface area contributed by atoms with Crippen LogP contribution in [0.15, 0.2) is 71.9 Å². The molecule has 6 nitrogen and oxygen atoms in total. The summed E-state index contributed by atoms with van der Waals surface area (Å²) in [7, 11) is 0. The molecular weight excluding hydrogens is 346 g/mol. The summed E-state index contributed by atoms with van der Waals surface area (Å²) in [5.74, 6) is 0.474. The molecular formula is C19H19N5OS. The van der Waals surface area contributed by atoms with Gasteiger partial charge >= 0.3 is 0 Å². The van der Waals surface area contributed by atoms with Crippen LogP contribution in [-0.2, 0) is 4.79 Å². The number of amides is 1. The second-order valence-electron chi connectivity index (χ2n) is 5.61. The number of nitrogens with zero attached hydrogens (tertiary/aromatic N) is 3. The lowest BCUT2D eigenvalue weighted by atomic mass is 10.2. The van der Waals surface area contributed by atoms with E-state index in [-0.39, 0.29) is 17.5 Å². The highest BCUT2D eigenvalue weighted by atomic mass is 32.2. The van der Waals surface area contributed by atoms with Crippen molar-refractivity contribution in [3.8, 4) is 0 Å². The van der Waals surface area contributed by atoms with Crippen molar-refractivity contribution in [1.82, 2.24) is 9.97 Å². The van der Waals surface area contributed by atoms with Gasteiger partial charge in [-0.2, -0.15) is 0 Å². The zero-order valence-corrected chi connectivity index (χ0v) is 15.1. The zero-order valence-electron chi connectivity index (χ0n) is 14.2. The number of benzene rings is 2. The summed E-state index contributed by atoms with van der Waals surface area (Å²) in [6.07, 6.45) is 0. The highest BCUT2D eigenvalue weighted by Gasteiger charge is 2.25. The number of aromatic nitrogens is 2. The monoisotopic (exact) mass is 365 g/mol. The van der Waals surface area contributed by atoms with Crippen molar-refractivity contribution < 1.29 is 4.79 Å². The molecule has 0 unspecified atom stereocenters. The van der Waals surface area contributed by atoms with Crippen LogP contribution in [0.4, 0.5) is 23.0 Å². The Bertz CT molecular complexity index is 829. The number of nitrogens with two attached hydrogens (primary N) is 2. The molecule has 3 aromatic rings. The quantitative estimate of drug-likeness (QED) is 0.530. The van der Waals surface area contributed by atoms with Crippen LogP contribution < -0.4 is 16.4 Å². The van der Waals surface area contributed by atoms with Crippen molar-refractivity contribution >= 4 is 40.7 Å². The molecule has 1 heterocycles. The molecule has 0 saturated heterocycles. The van der Waals surface area contributed by atoms with E-state index in [4.69, 9.17) is 11.5 Å². The van der Waals surface area contributed by atoms with Crippen LogP contribution in [-0.4, -0.2) is 21.1 Å². The van der Waals surface area contributed by atoms with Gasteiger partial charge in [-0.3, -0.25) is 9.69 Å². The van der Waals surface area contributed by atoms with E-state index in [0.29, 0.717) is 5.16 Å². The second kappa shape index (κ2) is 7.88. The molecule has 1 atom stereocenters. The molecule has 0 fully saturated rings. The third-order valence-corrected chi connectivity index (χ3v) is 4.57. The van der Waals surface area contributed by atoms with Gasteiger partial charge in [0.25, 0.3) is 0 Å². The van der Waals surface area contributed by atoms with Crippen LogP contribution in [0.1, 0.15) is 6.92 Å². The van der Waals surface area contributed by atoms with E-state index < -0.39 is 5.25 Å². The van der Waals surface area contributed by atoms with Crippen LogP contribution in [0.2, 0.25) is 0 Å². The number of hydrogen-bond donors (Lipinski definition) is 2. The van der Waals surface area contributed by atoms with Gasteiger partial charge in [0.15, 0.2) is 5.16 Å². The molecule has 0 bridgehead atoms. The minimum absolute atomic E-state index is 0.0861. The van der Waals surface area contributed by atoms with E-state index in [9.17, 15) is 4.79 Å². The predicted octanol–water partition coefficient (Wildman–Crippen LogP) is 3.49. The van der Waals surface area contributed by atoms with Crippen LogP contribution in [0.5, 0.6) is 0 Å². The molecule has 0 spiro atoms. The van der Waals surface area contributed by atoms with Gasteiger partial charge in [0.1, 0.15) is 11.6 Å². The SMILES string of the molecule is C[C@H](Sc1nc(N)cc(N)n1)C(=O)N(c1ccccc1)c1ccccc1. The highest BCUT2D eigenvalue weighted by Crippen LogP contribution is 2.30. The van der Waals surface area contributed by atoms with Crippen molar-refractivity contribution in [2.75, 3.05) is 16.4 Å². The molecule has 0 aliphatic rings. The number of carbonyl (C=O) groups is 1. The van der Waals surface area contributed by atoms with Gasteiger partial charge in [-0.05, 0) is 31.2 Å². The Balaban J connectivity index is 1.90. The first-order valence-corrected chi connectivity index (χ1v) is 8.93. The van der Waals surface area contributed by atoms with Crippen molar-refractivity contribution in [3.05, 3.63) is 66.7 Å². The van der Waals surface area contributed by atoms with E-state index in [1.807, 2.05) is 67.6 Å². The molecule has 0 saturated carbocycles. The molecule has 2 aromatic carbocycles. The van der Waals surface area contributed by atoms with Crippen molar-refractivity contribution in [1.29, 1.82) is 0 Å². The Labute approximate surface area is 156 Å². The summed E-state index contributed by atoms with van der Waals surface area (Å²) < 4.78 is 0. The highest BCUT2D eigenvalue weighted by molar-refractivity contribution is 8.00. The lowest BCUT2D eigenvalue weighted by Gasteiger charge is -2.25. The van der Waals surface area contributed by atoms with E-state index in [0.717, 1.165) is 11.4 Å². The van der Waals surface area contributed by atoms with Crippen molar-refractivity contribution in [3.63, 3.8) is 0 Å². The van der Waals surface area contributed by atoms with Crippen molar-refractivity contribution in [2.24, 2.45) is 0 Å². The predicted molar refractivity (Wildman–Crippen MR) is 106 cm³/mol. The normalized spacial score (nSPS) is 11.7. The number of anilines is 4. The fraction of sp³-hybridized carbons (Fsp3) is 0.105. The van der Waals surface area contributed by atoms with Gasteiger partial charge in [-0.25, -0.2) is 9.97 Å². The van der Waals surface area contributed by atoms with E-state index in [1.165, 1.54) is 17.8 Å². The summed E-state index contributed by atoms with van der Waals surface area (Å²) >= 11 is 1.22. The van der Waals surface area contributed by atoms with Crippen LogP contribution in [0, 0.1) is 0 Å². The van der Waals surface area contributed by atoms with Crippen molar-refractivity contribution in [2.45, 2.75) is 17.3 Å². The fourth-order valence-electron chi connectivity index (χ4n) is 2.46. The molecule has 3 rings (SSSR count). The average molecular weight is 365 g/mol. The summed E-state index contributed by atoms with van der Waals surface area (Å²) in [5, 5.41) is -0.0546. The third kappa shape index (κ3) is 4.12. The number of carbonyl (C=O) groups excluding carboxylic acids is 1. The Hall–Kier alpha value is -3.06. The fourth-order valence-corrected chi connectivity index (χ4v) is 3.30. The van der Waals surface area contributed by atoms with Crippen LogP contribution in [0.25, 0.3) is 0 Å². The largest absolute Gasteiger partial charge is 0.383 e. The maximum atomic E-state index is 13.2. The first-order chi connectivity index (χ1) is 12.5. The molecule has 0 aliphatic heterocycles. The van der Waals surface area contributed by atoms with Gasteiger partial charge < -0.3 is 11.5 Å².